The molecule has 0 fully saturated rings. The van der Waals surface area contributed by atoms with Gasteiger partial charge in [0.05, 0.1) is 12.2 Å². The molecule has 0 heterocycles. The normalized spacial score (nSPS) is 12.7. The Morgan fingerprint density at radius 2 is 1.05 bits per heavy atom. The molecular weight excluding hydrogens is 327 g/mol. The molecule has 0 aliphatic rings. The fourth-order valence-corrected chi connectivity index (χ4v) is 2.23. The zero-order valence-corrected chi connectivity index (χ0v) is 14.8. The van der Waals surface area contributed by atoms with Gasteiger partial charge in [0.25, 0.3) is 0 Å². The molecule has 22 heavy (non-hydrogen) atoms. The van der Waals surface area contributed by atoms with Crippen molar-refractivity contribution in [2.45, 2.75) is 45.9 Å². The van der Waals surface area contributed by atoms with E-state index in [1.807, 2.05) is 0 Å². The van der Waals surface area contributed by atoms with Crippen LogP contribution < -0.4 is 0 Å². The molecule has 3 nitrogen and oxygen atoms in total. The lowest BCUT2D eigenvalue weighted by atomic mass is 10.1. The van der Waals surface area contributed by atoms with E-state index in [4.69, 9.17) is 13.9 Å². The third kappa shape index (κ3) is 3.48. The lowest BCUT2D eigenvalue weighted by Crippen LogP contribution is -2.42. The van der Waals surface area contributed by atoms with Crippen molar-refractivity contribution < 1.29 is 35.9 Å². The van der Waals surface area contributed by atoms with E-state index < -0.39 is 52.8 Å². The van der Waals surface area contributed by atoms with Gasteiger partial charge in [0, 0.05) is 0 Å². The highest BCUT2D eigenvalue weighted by molar-refractivity contribution is 5.98. The van der Waals surface area contributed by atoms with E-state index in [-0.39, 0.29) is 10.5 Å². The van der Waals surface area contributed by atoms with Crippen LogP contribution in [-0.2, 0) is 19.9 Å². The first-order valence-electron chi connectivity index (χ1n) is 6.50. The summed E-state index contributed by atoms with van der Waals surface area (Å²) in [6.45, 7) is 6.02. The summed E-state index contributed by atoms with van der Waals surface area (Å²) in [6.07, 6.45) is -1.33. The van der Waals surface area contributed by atoms with Crippen LogP contribution in [0.25, 0.3) is 0 Å². The molecule has 0 N–H and O–H groups in total. The average Bonchev–Trinajstić information content (AvgIpc) is 2.41. The van der Waals surface area contributed by atoms with E-state index in [0.29, 0.717) is 0 Å². The van der Waals surface area contributed by atoms with Gasteiger partial charge in [0.15, 0.2) is 33.8 Å². The van der Waals surface area contributed by atoms with Crippen molar-refractivity contribution >= 4 is 10.5 Å². The van der Waals surface area contributed by atoms with Gasteiger partial charge in [-0.2, -0.15) is 0 Å². The van der Waals surface area contributed by atoms with Crippen LogP contribution in [0.1, 0.15) is 33.3 Å². The van der Waals surface area contributed by atoms with Crippen molar-refractivity contribution in [2.75, 3.05) is 0 Å². The van der Waals surface area contributed by atoms with Crippen molar-refractivity contribution in [1.29, 1.82) is 0 Å². The summed E-state index contributed by atoms with van der Waals surface area (Å²) in [5.41, 5.74) is -1.29. The van der Waals surface area contributed by atoms with Gasteiger partial charge in [-0.1, -0.05) is 0 Å². The second-order valence-electron chi connectivity index (χ2n) is 5.04. The van der Waals surface area contributed by atoms with Crippen LogP contribution in [0, 0.1) is 29.1 Å². The molecule has 0 aromatic heterocycles. The largest absolute Gasteiger partial charge is 0.376 e. The predicted octanol–water partition coefficient (Wildman–Crippen LogP) is 2.64. The van der Waals surface area contributed by atoms with E-state index >= 15 is 0 Å². The van der Waals surface area contributed by atoms with Crippen molar-refractivity contribution in [1.82, 2.24) is 0 Å². The van der Waals surface area contributed by atoms with Crippen molar-refractivity contribution in [3.8, 4) is 0 Å². The lowest BCUT2D eigenvalue weighted by Gasteiger charge is -2.36. The molecule has 0 saturated carbocycles. The molecular formula is C13H17F5O3Si. The van der Waals surface area contributed by atoms with Gasteiger partial charge < -0.3 is 13.9 Å². The van der Waals surface area contributed by atoms with Gasteiger partial charge in [-0.15, -0.1) is 0 Å². The Bertz CT molecular complexity index is 512. The Hall–Kier alpha value is -1.03. The van der Waals surface area contributed by atoms with Crippen LogP contribution in [0.5, 0.6) is 0 Å². The van der Waals surface area contributed by atoms with Gasteiger partial charge in [0.2, 0.25) is 5.82 Å². The fraction of sp³-hybridized carbons (Fsp3) is 0.538. The SMILES string of the molecule is CC(C)OC(O[SiH3])(OC(C)C)c1c(F)c(F)c(F)c(F)c1F. The standard InChI is InChI=1S/C13H17F5O3Si/c1-5(2)19-13(21-22,20-6(3)4)7-8(14)10(16)12(18)11(17)9(7)15/h5-6H,1-4,22H3. The molecule has 0 unspecified atom stereocenters. The fourth-order valence-electron chi connectivity index (χ4n) is 1.84. The Labute approximate surface area is 127 Å². The molecule has 0 radical (unpaired) electrons. The second-order valence-corrected chi connectivity index (χ2v) is 5.45. The Morgan fingerprint density at radius 1 is 0.727 bits per heavy atom. The van der Waals surface area contributed by atoms with Crippen LogP contribution in [-0.4, -0.2) is 22.7 Å². The number of rotatable bonds is 6. The summed E-state index contributed by atoms with van der Waals surface area (Å²) in [5.74, 6) is -13.0. The molecule has 0 atom stereocenters. The van der Waals surface area contributed by atoms with Gasteiger partial charge in [0.1, 0.15) is 5.56 Å². The minimum absolute atomic E-state index is 0.140. The average molecular weight is 344 g/mol. The summed E-state index contributed by atoms with van der Waals surface area (Å²) in [7, 11) is -0.140. The number of ether oxygens (including phenoxy) is 2. The van der Waals surface area contributed by atoms with Crippen LogP contribution in [0.3, 0.4) is 0 Å². The summed E-state index contributed by atoms with van der Waals surface area (Å²) >= 11 is 0. The topological polar surface area (TPSA) is 27.7 Å². The van der Waals surface area contributed by atoms with Gasteiger partial charge in [-0.3, -0.25) is 0 Å². The molecule has 0 spiro atoms. The Morgan fingerprint density at radius 3 is 1.32 bits per heavy atom. The van der Waals surface area contributed by atoms with Gasteiger partial charge in [-0.05, 0) is 27.7 Å². The molecule has 9 heteroatoms. The maximum Gasteiger partial charge on any atom is 0.308 e. The highest BCUT2D eigenvalue weighted by Gasteiger charge is 2.45. The summed E-state index contributed by atoms with van der Waals surface area (Å²) in [6, 6.07) is 0. The van der Waals surface area contributed by atoms with Crippen molar-refractivity contribution in [3.63, 3.8) is 0 Å². The second kappa shape index (κ2) is 7.03. The van der Waals surface area contributed by atoms with Crippen molar-refractivity contribution in [3.05, 3.63) is 34.6 Å². The Balaban J connectivity index is 3.68. The minimum Gasteiger partial charge on any atom is -0.376 e. The van der Waals surface area contributed by atoms with E-state index in [1.165, 1.54) is 27.7 Å². The first kappa shape index (κ1) is 19.0. The van der Waals surface area contributed by atoms with E-state index in [2.05, 4.69) is 0 Å². The van der Waals surface area contributed by atoms with E-state index in [0.717, 1.165) is 0 Å². The maximum atomic E-state index is 14.0. The number of hydrogen-bond donors (Lipinski definition) is 0. The maximum absolute atomic E-state index is 14.0. The highest BCUT2D eigenvalue weighted by atomic mass is 28.2. The number of hydrogen-bond acceptors (Lipinski definition) is 3. The summed E-state index contributed by atoms with van der Waals surface area (Å²) in [5, 5.41) is 0. The van der Waals surface area contributed by atoms with Crippen molar-refractivity contribution in [2.24, 2.45) is 0 Å². The summed E-state index contributed by atoms with van der Waals surface area (Å²) < 4.78 is 83.6. The number of benzene rings is 1. The molecule has 0 saturated heterocycles. The zero-order valence-electron chi connectivity index (χ0n) is 12.8. The third-order valence-electron chi connectivity index (χ3n) is 2.57. The lowest BCUT2D eigenvalue weighted by molar-refractivity contribution is -0.381. The smallest absolute Gasteiger partial charge is 0.308 e. The minimum atomic E-state index is -2.50. The first-order chi connectivity index (χ1) is 10.1. The molecule has 126 valence electrons. The van der Waals surface area contributed by atoms with Crippen LogP contribution >= 0.6 is 0 Å². The van der Waals surface area contributed by atoms with E-state index in [9.17, 15) is 22.0 Å². The van der Waals surface area contributed by atoms with Crippen LogP contribution in [0.15, 0.2) is 0 Å². The number of halogens is 5. The summed E-state index contributed by atoms with van der Waals surface area (Å²) in [4.78, 5) is 0. The molecule has 1 rings (SSSR count). The van der Waals surface area contributed by atoms with Gasteiger partial charge in [-0.25, -0.2) is 22.0 Å². The molecule has 0 amide bonds. The quantitative estimate of drug-likeness (QED) is 0.261. The third-order valence-corrected chi connectivity index (χ3v) is 3.10. The molecule has 0 bridgehead atoms. The molecule has 1 aromatic rings. The van der Waals surface area contributed by atoms with E-state index in [1.54, 1.807) is 0 Å². The molecule has 1 aromatic carbocycles. The zero-order chi connectivity index (χ0) is 17.2. The Kier molecular flexibility index (Phi) is 6.08. The van der Waals surface area contributed by atoms with Crippen LogP contribution in [0.2, 0.25) is 0 Å². The van der Waals surface area contributed by atoms with Crippen LogP contribution in [0.4, 0.5) is 22.0 Å². The monoisotopic (exact) mass is 344 g/mol. The highest BCUT2D eigenvalue weighted by Crippen LogP contribution is 2.37. The molecule has 0 aliphatic heterocycles. The first-order valence-corrected chi connectivity index (χ1v) is 7.31. The molecule has 0 aliphatic carbocycles. The predicted molar refractivity (Wildman–Crippen MR) is 71.4 cm³/mol. The van der Waals surface area contributed by atoms with Gasteiger partial charge >= 0.3 is 5.97 Å².